The Balaban J connectivity index is 2.09. The van der Waals surface area contributed by atoms with Crippen LogP contribution in [0, 0.1) is 17.0 Å². The Morgan fingerprint density at radius 1 is 1.17 bits per heavy atom. The van der Waals surface area contributed by atoms with Gasteiger partial charge in [0.05, 0.1) is 30.9 Å². The van der Waals surface area contributed by atoms with Crippen LogP contribution in [0.25, 0.3) is 10.9 Å². The number of ether oxygens (including phenoxy) is 3. The van der Waals surface area contributed by atoms with Gasteiger partial charge in [0.15, 0.2) is 11.5 Å². The summed E-state index contributed by atoms with van der Waals surface area (Å²) >= 11 is 0. The summed E-state index contributed by atoms with van der Waals surface area (Å²) in [5.41, 5.74) is 0.906. The Morgan fingerprint density at radius 3 is 2.54 bits per heavy atom. The number of hydrogen-bond acceptors (Lipinski definition) is 7. The van der Waals surface area contributed by atoms with Crippen molar-refractivity contribution >= 4 is 16.6 Å². The number of halogens is 3. The lowest BCUT2D eigenvalue weighted by atomic mass is 10.1. The van der Waals surface area contributed by atoms with E-state index in [9.17, 15) is 23.3 Å². The summed E-state index contributed by atoms with van der Waals surface area (Å²) in [6, 6.07) is 7.77. The molecular weight excluding hydrogens is 467 g/mol. The summed E-state index contributed by atoms with van der Waals surface area (Å²) in [6.45, 7) is 3.55. The van der Waals surface area contributed by atoms with Gasteiger partial charge in [-0.3, -0.25) is 10.1 Å². The van der Waals surface area contributed by atoms with Crippen molar-refractivity contribution in [1.29, 1.82) is 0 Å². The monoisotopic (exact) mass is 493 g/mol. The standard InChI is InChI=1S/C24H26F3N3O5/c1-14-11-20(34-4)29-22-18(28-15(2)7-6-10-30(31)32)13-19(33-3)23(21(14)22)35-17-9-5-8-16(12-17)24(25,26)27/h5,8-9,11-13,15,28H,6-7,10H2,1-4H3. The van der Waals surface area contributed by atoms with Gasteiger partial charge >= 0.3 is 6.18 Å². The fourth-order valence-electron chi connectivity index (χ4n) is 3.70. The van der Waals surface area contributed by atoms with Crippen LogP contribution in [-0.2, 0) is 6.18 Å². The first kappa shape index (κ1) is 25.9. The first-order valence-electron chi connectivity index (χ1n) is 10.8. The van der Waals surface area contributed by atoms with E-state index >= 15 is 0 Å². The van der Waals surface area contributed by atoms with Gasteiger partial charge in [-0.1, -0.05) is 6.07 Å². The first-order valence-corrected chi connectivity index (χ1v) is 10.8. The highest BCUT2D eigenvalue weighted by molar-refractivity contribution is 6.00. The van der Waals surface area contributed by atoms with Crippen molar-refractivity contribution in [3.63, 3.8) is 0 Å². The van der Waals surface area contributed by atoms with E-state index in [0.717, 1.165) is 12.1 Å². The molecule has 3 aromatic rings. The SMILES string of the molecule is COc1cc(C)c2c(Oc3cccc(C(F)(F)F)c3)c(OC)cc(NC(C)CCC[N+](=O)[O-])c2n1. The molecule has 0 saturated carbocycles. The second-order valence-corrected chi connectivity index (χ2v) is 8.03. The molecule has 0 bridgehead atoms. The number of anilines is 1. The van der Waals surface area contributed by atoms with E-state index in [2.05, 4.69) is 10.3 Å². The third-order valence-electron chi connectivity index (χ3n) is 5.36. The average molecular weight is 493 g/mol. The number of pyridine rings is 1. The molecule has 8 nitrogen and oxygen atoms in total. The number of methoxy groups -OCH3 is 2. The summed E-state index contributed by atoms with van der Waals surface area (Å²) in [5.74, 6) is 0.823. The zero-order valence-electron chi connectivity index (χ0n) is 19.7. The summed E-state index contributed by atoms with van der Waals surface area (Å²) in [6.07, 6.45) is -3.59. The quantitative estimate of drug-likeness (QED) is 0.264. The van der Waals surface area contributed by atoms with Crippen LogP contribution in [0.1, 0.15) is 30.9 Å². The number of nitro groups is 1. The van der Waals surface area contributed by atoms with Gasteiger partial charge in [0.2, 0.25) is 12.4 Å². The van der Waals surface area contributed by atoms with Crippen molar-refractivity contribution in [3.05, 3.63) is 57.6 Å². The molecule has 1 atom stereocenters. The molecule has 35 heavy (non-hydrogen) atoms. The van der Waals surface area contributed by atoms with Crippen molar-refractivity contribution < 1.29 is 32.3 Å². The van der Waals surface area contributed by atoms with Crippen LogP contribution in [0.2, 0.25) is 0 Å². The zero-order chi connectivity index (χ0) is 25.8. The topological polar surface area (TPSA) is 95.8 Å². The molecule has 0 aliphatic heterocycles. The smallest absolute Gasteiger partial charge is 0.416 e. The lowest BCUT2D eigenvalue weighted by Crippen LogP contribution is -2.17. The van der Waals surface area contributed by atoms with E-state index in [1.807, 2.05) is 6.92 Å². The van der Waals surface area contributed by atoms with Crippen LogP contribution in [-0.4, -0.2) is 36.7 Å². The van der Waals surface area contributed by atoms with Gasteiger partial charge in [0, 0.05) is 29.5 Å². The predicted octanol–water partition coefficient (Wildman–Crippen LogP) is 6.23. The highest BCUT2D eigenvalue weighted by Gasteiger charge is 2.31. The molecule has 0 aliphatic rings. The van der Waals surface area contributed by atoms with Crippen LogP contribution in [0.5, 0.6) is 23.1 Å². The van der Waals surface area contributed by atoms with E-state index in [1.165, 1.54) is 26.4 Å². The highest BCUT2D eigenvalue weighted by Crippen LogP contribution is 2.45. The molecule has 1 aromatic heterocycles. The fraction of sp³-hybridized carbons (Fsp3) is 0.375. The molecule has 1 N–H and O–H groups in total. The largest absolute Gasteiger partial charge is 0.493 e. The summed E-state index contributed by atoms with van der Waals surface area (Å²) in [7, 11) is 2.90. The second kappa shape index (κ2) is 10.7. The van der Waals surface area contributed by atoms with Gasteiger partial charge < -0.3 is 19.5 Å². The van der Waals surface area contributed by atoms with E-state index in [-0.39, 0.29) is 34.8 Å². The Morgan fingerprint density at radius 2 is 1.91 bits per heavy atom. The molecule has 0 fully saturated rings. The number of benzene rings is 2. The van der Waals surface area contributed by atoms with E-state index < -0.39 is 11.7 Å². The van der Waals surface area contributed by atoms with Crippen molar-refractivity contribution in [3.8, 4) is 23.1 Å². The molecule has 3 rings (SSSR count). The van der Waals surface area contributed by atoms with Gasteiger partial charge in [-0.25, -0.2) is 4.98 Å². The molecule has 0 saturated heterocycles. The number of hydrogen-bond donors (Lipinski definition) is 1. The van der Waals surface area contributed by atoms with Crippen LogP contribution in [0.15, 0.2) is 36.4 Å². The molecule has 1 unspecified atom stereocenters. The number of alkyl halides is 3. The fourth-order valence-corrected chi connectivity index (χ4v) is 3.70. The van der Waals surface area contributed by atoms with Crippen LogP contribution in [0.3, 0.4) is 0 Å². The summed E-state index contributed by atoms with van der Waals surface area (Å²) < 4.78 is 56.4. The molecule has 0 spiro atoms. The van der Waals surface area contributed by atoms with Gasteiger partial charge in [0.25, 0.3) is 0 Å². The number of fused-ring (bicyclic) bond motifs is 1. The number of nitrogens with zero attached hydrogens (tertiary/aromatic N) is 2. The van der Waals surface area contributed by atoms with Crippen LogP contribution in [0.4, 0.5) is 18.9 Å². The third kappa shape index (κ3) is 6.23. The maximum atomic E-state index is 13.2. The number of nitrogens with one attached hydrogen (secondary N) is 1. The van der Waals surface area contributed by atoms with Gasteiger partial charge in [-0.15, -0.1) is 0 Å². The van der Waals surface area contributed by atoms with Crippen molar-refractivity contribution in [2.24, 2.45) is 0 Å². The molecule has 0 amide bonds. The lowest BCUT2D eigenvalue weighted by molar-refractivity contribution is -0.480. The normalized spacial score (nSPS) is 12.3. The maximum Gasteiger partial charge on any atom is 0.416 e. The number of aryl methyl sites for hydroxylation is 1. The summed E-state index contributed by atoms with van der Waals surface area (Å²) in [4.78, 5) is 14.8. The predicted molar refractivity (Wildman–Crippen MR) is 125 cm³/mol. The first-order chi connectivity index (χ1) is 16.5. The molecule has 188 valence electrons. The van der Waals surface area contributed by atoms with Gasteiger partial charge in [-0.2, -0.15) is 13.2 Å². The zero-order valence-corrected chi connectivity index (χ0v) is 19.7. The van der Waals surface area contributed by atoms with E-state index in [0.29, 0.717) is 40.9 Å². The minimum atomic E-state index is -4.52. The number of aromatic nitrogens is 1. The maximum absolute atomic E-state index is 13.2. The molecule has 0 radical (unpaired) electrons. The van der Waals surface area contributed by atoms with Gasteiger partial charge in [-0.05, 0) is 44.0 Å². The highest BCUT2D eigenvalue weighted by atomic mass is 19.4. The Bertz CT molecular complexity index is 1220. The third-order valence-corrected chi connectivity index (χ3v) is 5.36. The lowest BCUT2D eigenvalue weighted by Gasteiger charge is -2.21. The molecule has 1 heterocycles. The number of rotatable bonds is 10. The minimum Gasteiger partial charge on any atom is -0.493 e. The van der Waals surface area contributed by atoms with Crippen molar-refractivity contribution in [2.75, 3.05) is 26.1 Å². The van der Waals surface area contributed by atoms with Crippen LogP contribution < -0.4 is 19.5 Å². The Kier molecular flexibility index (Phi) is 7.88. The summed E-state index contributed by atoms with van der Waals surface area (Å²) in [5, 5.41) is 14.5. The molecule has 11 heteroatoms. The Hall–Kier alpha value is -3.76. The Labute approximate surface area is 200 Å². The van der Waals surface area contributed by atoms with E-state index in [1.54, 1.807) is 19.1 Å². The van der Waals surface area contributed by atoms with Crippen molar-refractivity contribution in [2.45, 2.75) is 38.9 Å². The average Bonchev–Trinajstić information content (AvgIpc) is 2.79. The van der Waals surface area contributed by atoms with Crippen molar-refractivity contribution in [1.82, 2.24) is 4.98 Å². The minimum absolute atomic E-state index is 0.0106. The second-order valence-electron chi connectivity index (χ2n) is 8.03. The van der Waals surface area contributed by atoms with E-state index in [4.69, 9.17) is 14.2 Å². The van der Waals surface area contributed by atoms with Gasteiger partial charge in [0.1, 0.15) is 11.3 Å². The molecule has 0 aliphatic carbocycles. The van der Waals surface area contributed by atoms with Crippen LogP contribution >= 0.6 is 0 Å². The molecular formula is C24H26F3N3O5. The molecule has 2 aromatic carbocycles.